The zero-order valence-electron chi connectivity index (χ0n) is 8.28. The molecule has 78 valence electrons. The second-order valence-corrected chi connectivity index (χ2v) is 3.09. The number of nitrogen functional groups attached to an aromatic ring is 1. The van der Waals surface area contributed by atoms with Gasteiger partial charge in [-0.25, -0.2) is 4.39 Å². The van der Waals surface area contributed by atoms with Gasteiger partial charge in [0.1, 0.15) is 5.82 Å². The van der Waals surface area contributed by atoms with Gasteiger partial charge in [-0.2, -0.15) is 0 Å². The molecule has 0 saturated carbocycles. The monoisotopic (exact) mass is 204 g/mol. The van der Waals surface area contributed by atoms with Crippen molar-refractivity contribution in [2.45, 2.75) is 0 Å². The minimum absolute atomic E-state index is 0. The Morgan fingerprint density at radius 3 is 2.07 bits per heavy atom. The van der Waals surface area contributed by atoms with Gasteiger partial charge >= 0.3 is 0 Å². The highest BCUT2D eigenvalue weighted by molar-refractivity contribution is 5.75. The van der Waals surface area contributed by atoms with Crippen LogP contribution in [0.3, 0.4) is 0 Å². The predicted molar refractivity (Wildman–Crippen MR) is 61.3 cm³/mol. The van der Waals surface area contributed by atoms with Crippen molar-refractivity contribution >= 4 is 5.69 Å². The lowest BCUT2D eigenvalue weighted by atomic mass is 10.0. The first-order valence-electron chi connectivity index (χ1n) is 4.38. The summed E-state index contributed by atoms with van der Waals surface area (Å²) in [7, 11) is 0. The minimum atomic E-state index is -0.233. The van der Waals surface area contributed by atoms with E-state index in [0.29, 0.717) is 5.69 Å². The van der Waals surface area contributed by atoms with E-state index in [0.717, 1.165) is 11.1 Å². The molecule has 2 nitrogen and oxygen atoms in total. The summed E-state index contributed by atoms with van der Waals surface area (Å²) in [5.74, 6) is -0.233. The topological polar surface area (TPSA) is 61.0 Å². The Kier molecular flexibility index (Phi) is 3.42. The Morgan fingerprint density at radius 2 is 1.47 bits per heavy atom. The van der Waals surface area contributed by atoms with Crippen molar-refractivity contribution in [1.82, 2.24) is 6.15 Å². The van der Waals surface area contributed by atoms with Crippen LogP contribution in [0.1, 0.15) is 0 Å². The number of anilines is 1. The molecule has 2 aromatic rings. The number of nitrogens with two attached hydrogens (primary N) is 1. The number of halogens is 1. The number of rotatable bonds is 1. The van der Waals surface area contributed by atoms with E-state index in [1.54, 1.807) is 12.1 Å². The van der Waals surface area contributed by atoms with Gasteiger partial charge in [-0.1, -0.05) is 30.3 Å². The average Bonchev–Trinajstić information content (AvgIpc) is 2.20. The number of para-hydroxylation sites is 1. The van der Waals surface area contributed by atoms with E-state index < -0.39 is 0 Å². The molecule has 3 heteroatoms. The molecule has 0 aliphatic heterocycles. The SMILES string of the molecule is N.Nc1ccccc1-c1ccc(F)cc1. The van der Waals surface area contributed by atoms with E-state index >= 15 is 0 Å². The molecular formula is C12H13FN2. The summed E-state index contributed by atoms with van der Waals surface area (Å²) >= 11 is 0. The van der Waals surface area contributed by atoms with Gasteiger partial charge in [0.05, 0.1) is 0 Å². The maximum absolute atomic E-state index is 12.7. The first-order valence-corrected chi connectivity index (χ1v) is 4.38. The van der Waals surface area contributed by atoms with Crippen LogP contribution in [0.5, 0.6) is 0 Å². The van der Waals surface area contributed by atoms with E-state index in [1.165, 1.54) is 12.1 Å². The van der Waals surface area contributed by atoms with Crippen LogP contribution in [0.25, 0.3) is 11.1 Å². The fourth-order valence-electron chi connectivity index (χ4n) is 1.39. The van der Waals surface area contributed by atoms with Gasteiger partial charge in [-0.15, -0.1) is 0 Å². The molecule has 0 saturated heterocycles. The van der Waals surface area contributed by atoms with Crippen LogP contribution < -0.4 is 11.9 Å². The van der Waals surface area contributed by atoms with E-state index in [4.69, 9.17) is 5.73 Å². The molecule has 0 bridgehead atoms. The first kappa shape index (κ1) is 11.2. The van der Waals surface area contributed by atoms with Crippen molar-refractivity contribution in [2.24, 2.45) is 0 Å². The minimum Gasteiger partial charge on any atom is -0.398 e. The molecule has 0 aromatic heterocycles. The van der Waals surface area contributed by atoms with E-state index in [2.05, 4.69) is 0 Å². The molecule has 0 aliphatic rings. The van der Waals surface area contributed by atoms with E-state index in [1.807, 2.05) is 24.3 Å². The standard InChI is InChI=1S/C12H10FN.H3N/c13-10-7-5-9(6-8-10)11-3-1-2-4-12(11)14;/h1-8H,14H2;1H3. The van der Waals surface area contributed by atoms with Gasteiger partial charge in [0, 0.05) is 11.3 Å². The average molecular weight is 204 g/mol. The van der Waals surface area contributed by atoms with Crippen LogP contribution in [0, 0.1) is 5.82 Å². The van der Waals surface area contributed by atoms with Gasteiger partial charge in [0.25, 0.3) is 0 Å². The third-order valence-electron chi connectivity index (χ3n) is 2.12. The molecule has 0 radical (unpaired) electrons. The normalized spacial score (nSPS) is 9.40. The van der Waals surface area contributed by atoms with Crippen molar-refractivity contribution in [2.75, 3.05) is 5.73 Å². The van der Waals surface area contributed by atoms with Gasteiger partial charge in [-0.3, -0.25) is 0 Å². The third kappa shape index (κ3) is 2.33. The van der Waals surface area contributed by atoms with Gasteiger partial charge in [0.2, 0.25) is 0 Å². The van der Waals surface area contributed by atoms with Crippen LogP contribution in [-0.4, -0.2) is 0 Å². The quantitative estimate of drug-likeness (QED) is 0.700. The molecule has 0 fully saturated rings. The third-order valence-corrected chi connectivity index (χ3v) is 2.12. The van der Waals surface area contributed by atoms with Crippen LogP contribution >= 0.6 is 0 Å². The largest absolute Gasteiger partial charge is 0.398 e. The zero-order chi connectivity index (χ0) is 9.97. The molecule has 15 heavy (non-hydrogen) atoms. The number of benzene rings is 2. The molecule has 0 spiro atoms. The Hall–Kier alpha value is -1.87. The lowest BCUT2D eigenvalue weighted by Gasteiger charge is -2.04. The van der Waals surface area contributed by atoms with Crippen LogP contribution in [0.4, 0.5) is 10.1 Å². The second-order valence-electron chi connectivity index (χ2n) is 3.09. The van der Waals surface area contributed by atoms with E-state index in [-0.39, 0.29) is 12.0 Å². The Labute approximate surface area is 88.1 Å². The Balaban J connectivity index is 0.00000112. The molecular weight excluding hydrogens is 191 g/mol. The van der Waals surface area contributed by atoms with Gasteiger partial charge < -0.3 is 11.9 Å². The summed E-state index contributed by atoms with van der Waals surface area (Å²) in [5.41, 5.74) is 8.38. The molecule has 0 atom stereocenters. The summed E-state index contributed by atoms with van der Waals surface area (Å²) in [6, 6.07) is 13.9. The highest BCUT2D eigenvalue weighted by Gasteiger charge is 2.00. The molecule has 2 rings (SSSR count). The summed E-state index contributed by atoms with van der Waals surface area (Å²) in [5, 5.41) is 0. The van der Waals surface area contributed by atoms with Crippen molar-refractivity contribution in [1.29, 1.82) is 0 Å². The van der Waals surface area contributed by atoms with Crippen molar-refractivity contribution < 1.29 is 4.39 Å². The number of hydrogen-bond acceptors (Lipinski definition) is 2. The van der Waals surface area contributed by atoms with Gasteiger partial charge in [0.15, 0.2) is 0 Å². The summed E-state index contributed by atoms with van der Waals surface area (Å²) < 4.78 is 12.7. The van der Waals surface area contributed by atoms with Crippen LogP contribution in [-0.2, 0) is 0 Å². The highest BCUT2D eigenvalue weighted by atomic mass is 19.1. The maximum atomic E-state index is 12.7. The van der Waals surface area contributed by atoms with Crippen LogP contribution in [0.15, 0.2) is 48.5 Å². The first-order chi connectivity index (χ1) is 6.77. The zero-order valence-corrected chi connectivity index (χ0v) is 8.28. The lowest BCUT2D eigenvalue weighted by molar-refractivity contribution is 0.628. The Morgan fingerprint density at radius 1 is 0.867 bits per heavy atom. The smallest absolute Gasteiger partial charge is 0.123 e. The Bertz CT molecular complexity index is 438. The lowest BCUT2D eigenvalue weighted by Crippen LogP contribution is -1.88. The fraction of sp³-hybridized carbons (Fsp3) is 0. The summed E-state index contributed by atoms with van der Waals surface area (Å²) in [4.78, 5) is 0. The predicted octanol–water partition coefficient (Wildman–Crippen LogP) is 3.24. The molecule has 0 unspecified atom stereocenters. The van der Waals surface area contributed by atoms with E-state index in [9.17, 15) is 4.39 Å². The van der Waals surface area contributed by atoms with Gasteiger partial charge in [-0.05, 0) is 23.8 Å². The van der Waals surface area contributed by atoms with Crippen molar-refractivity contribution in [3.05, 3.63) is 54.3 Å². The van der Waals surface area contributed by atoms with Crippen molar-refractivity contribution in [3.63, 3.8) is 0 Å². The molecule has 2 aromatic carbocycles. The molecule has 0 heterocycles. The molecule has 0 aliphatic carbocycles. The highest BCUT2D eigenvalue weighted by Crippen LogP contribution is 2.25. The summed E-state index contributed by atoms with van der Waals surface area (Å²) in [6.07, 6.45) is 0. The number of hydrogen-bond donors (Lipinski definition) is 2. The van der Waals surface area contributed by atoms with Crippen LogP contribution in [0.2, 0.25) is 0 Å². The molecule has 0 amide bonds. The fourth-order valence-corrected chi connectivity index (χ4v) is 1.39. The van der Waals surface area contributed by atoms with Crippen molar-refractivity contribution in [3.8, 4) is 11.1 Å². The second kappa shape index (κ2) is 4.57. The maximum Gasteiger partial charge on any atom is 0.123 e. The molecule has 5 N–H and O–H groups in total. The summed E-state index contributed by atoms with van der Waals surface area (Å²) in [6.45, 7) is 0.